The van der Waals surface area contributed by atoms with E-state index in [9.17, 15) is 4.79 Å². The molecular formula is C24H21BrN2O2. The summed E-state index contributed by atoms with van der Waals surface area (Å²) in [6.07, 6.45) is 0.613. The maximum Gasteiger partial charge on any atom is 0.224 e. The number of rotatable bonds is 3. The van der Waals surface area contributed by atoms with Crippen molar-refractivity contribution in [3.63, 3.8) is 0 Å². The molecule has 1 unspecified atom stereocenters. The Morgan fingerprint density at radius 1 is 1.03 bits per heavy atom. The van der Waals surface area contributed by atoms with Gasteiger partial charge < -0.3 is 9.64 Å². The number of nitrogens with zero attached hydrogens (tertiary/aromatic N) is 2. The normalized spacial score (nSPS) is 15.9. The first-order valence-corrected chi connectivity index (χ1v) is 10.2. The molecule has 0 bridgehead atoms. The molecule has 0 radical (unpaired) electrons. The van der Waals surface area contributed by atoms with Gasteiger partial charge in [-0.2, -0.15) is 0 Å². The summed E-state index contributed by atoms with van der Waals surface area (Å²) in [5, 5.41) is 0. The number of aliphatic imine (C=N–C) groups is 1. The maximum absolute atomic E-state index is 12.8. The summed E-state index contributed by atoms with van der Waals surface area (Å²) >= 11 is 3.50. The van der Waals surface area contributed by atoms with Crippen LogP contribution in [0.3, 0.4) is 0 Å². The summed E-state index contributed by atoms with van der Waals surface area (Å²) in [7, 11) is 1.65. The van der Waals surface area contributed by atoms with Gasteiger partial charge in [0.15, 0.2) is 0 Å². The average molecular weight is 449 g/mol. The van der Waals surface area contributed by atoms with Crippen molar-refractivity contribution in [2.75, 3.05) is 12.0 Å². The van der Waals surface area contributed by atoms with E-state index in [1.807, 2.05) is 65.6 Å². The van der Waals surface area contributed by atoms with Crippen LogP contribution in [-0.4, -0.2) is 18.7 Å². The first-order valence-electron chi connectivity index (χ1n) is 9.43. The standard InChI is InChI=1S/C24H21BrN2O2/c1-16(28)27-23-6-4-3-5-21(23)26-22(17-7-11-19(25)12-8-17)15-24(27)18-9-13-20(29-2)14-10-18/h3-14,24H,15H2,1-2H3. The van der Waals surface area contributed by atoms with Crippen molar-refractivity contribution < 1.29 is 9.53 Å². The Hall–Kier alpha value is -2.92. The molecular weight excluding hydrogens is 428 g/mol. The zero-order chi connectivity index (χ0) is 20.4. The summed E-state index contributed by atoms with van der Waals surface area (Å²) in [6.45, 7) is 1.61. The van der Waals surface area contributed by atoms with Gasteiger partial charge in [-0.1, -0.05) is 52.3 Å². The van der Waals surface area contributed by atoms with Gasteiger partial charge in [-0.3, -0.25) is 9.79 Å². The molecule has 1 atom stereocenters. The number of benzene rings is 3. The van der Waals surface area contributed by atoms with E-state index in [0.29, 0.717) is 6.42 Å². The zero-order valence-corrected chi connectivity index (χ0v) is 17.9. The van der Waals surface area contributed by atoms with Gasteiger partial charge in [0.2, 0.25) is 5.91 Å². The van der Waals surface area contributed by atoms with Crippen molar-refractivity contribution >= 4 is 38.9 Å². The van der Waals surface area contributed by atoms with Crippen LogP contribution in [0.2, 0.25) is 0 Å². The minimum Gasteiger partial charge on any atom is -0.497 e. The smallest absolute Gasteiger partial charge is 0.224 e. The van der Waals surface area contributed by atoms with Crippen LogP contribution < -0.4 is 9.64 Å². The molecule has 0 saturated carbocycles. The number of hydrogen-bond acceptors (Lipinski definition) is 3. The average Bonchev–Trinajstić information content (AvgIpc) is 2.91. The number of para-hydroxylation sites is 2. The van der Waals surface area contributed by atoms with Crippen LogP contribution in [0.15, 0.2) is 82.3 Å². The van der Waals surface area contributed by atoms with E-state index in [1.165, 1.54) is 0 Å². The van der Waals surface area contributed by atoms with Crippen LogP contribution in [0.25, 0.3) is 0 Å². The molecule has 5 heteroatoms. The van der Waals surface area contributed by atoms with Gasteiger partial charge in [0, 0.05) is 17.8 Å². The fourth-order valence-corrected chi connectivity index (χ4v) is 3.97. The van der Waals surface area contributed by atoms with Gasteiger partial charge in [-0.05, 0) is 47.5 Å². The number of carbonyl (C=O) groups excluding carboxylic acids is 1. The second-order valence-electron chi connectivity index (χ2n) is 6.94. The molecule has 146 valence electrons. The van der Waals surface area contributed by atoms with Crippen LogP contribution >= 0.6 is 15.9 Å². The van der Waals surface area contributed by atoms with E-state index in [-0.39, 0.29) is 11.9 Å². The van der Waals surface area contributed by atoms with E-state index >= 15 is 0 Å². The molecule has 1 aliphatic rings. The van der Waals surface area contributed by atoms with Crippen LogP contribution in [0.4, 0.5) is 11.4 Å². The van der Waals surface area contributed by atoms with Gasteiger partial charge in [0.1, 0.15) is 5.75 Å². The van der Waals surface area contributed by atoms with E-state index < -0.39 is 0 Å². The van der Waals surface area contributed by atoms with Crippen molar-refractivity contribution in [3.8, 4) is 5.75 Å². The summed E-state index contributed by atoms with van der Waals surface area (Å²) < 4.78 is 6.33. The molecule has 1 amide bonds. The Bertz CT molecular complexity index is 1060. The molecule has 0 fully saturated rings. The van der Waals surface area contributed by atoms with Crippen molar-refractivity contribution in [3.05, 3.63) is 88.4 Å². The largest absolute Gasteiger partial charge is 0.497 e. The molecule has 3 aromatic rings. The molecule has 0 aliphatic carbocycles. The monoisotopic (exact) mass is 448 g/mol. The predicted octanol–water partition coefficient (Wildman–Crippen LogP) is 6.08. The highest BCUT2D eigenvalue weighted by atomic mass is 79.9. The fraction of sp³-hybridized carbons (Fsp3) is 0.167. The van der Waals surface area contributed by atoms with E-state index in [4.69, 9.17) is 9.73 Å². The van der Waals surface area contributed by atoms with Crippen LogP contribution in [0.1, 0.15) is 30.5 Å². The second kappa shape index (κ2) is 8.21. The first-order chi connectivity index (χ1) is 14.1. The molecule has 1 heterocycles. The van der Waals surface area contributed by atoms with Crippen LogP contribution in [-0.2, 0) is 4.79 Å². The van der Waals surface area contributed by atoms with Crippen LogP contribution in [0, 0.1) is 0 Å². The van der Waals surface area contributed by atoms with Gasteiger partial charge in [-0.15, -0.1) is 0 Å². The Labute approximate surface area is 179 Å². The highest BCUT2D eigenvalue weighted by Crippen LogP contribution is 2.41. The summed E-state index contributed by atoms with van der Waals surface area (Å²) in [5.41, 5.74) is 4.67. The van der Waals surface area contributed by atoms with Crippen molar-refractivity contribution in [2.24, 2.45) is 4.99 Å². The highest BCUT2D eigenvalue weighted by molar-refractivity contribution is 9.10. The van der Waals surface area contributed by atoms with Crippen molar-refractivity contribution in [1.29, 1.82) is 0 Å². The summed E-state index contributed by atoms with van der Waals surface area (Å²) in [6, 6.07) is 23.7. The lowest BCUT2D eigenvalue weighted by atomic mass is 9.95. The third kappa shape index (κ3) is 3.96. The Morgan fingerprint density at radius 2 is 1.72 bits per heavy atom. The van der Waals surface area contributed by atoms with Crippen molar-refractivity contribution in [2.45, 2.75) is 19.4 Å². The van der Waals surface area contributed by atoms with Gasteiger partial charge in [-0.25, -0.2) is 0 Å². The third-order valence-electron chi connectivity index (χ3n) is 5.11. The minimum atomic E-state index is -0.163. The number of amides is 1. The SMILES string of the molecule is COc1ccc(C2CC(c3ccc(Br)cc3)=Nc3ccccc3N2C(C)=O)cc1. The molecule has 0 spiro atoms. The lowest BCUT2D eigenvalue weighted by Crippen LogP contribution is -2.33. The zero-order valence-electron chi connectivity index (χ0n) is 16.3. The Balaban J connectivity index is 1.87. The first kappa shape index (κ1) is 19.4. The molecule has 29 heavy (non-hydrogen) atoms. The molecule has 4 nitrogen and oxygen atoms in total. The van der Waals surface area contributed by atoms with Crippen LogP contribution in [0.5, 0.6) is 5.75 Å². The lowest BCUT2D eigenvalue weighted by Gasteiger charge is -2.30. The van der Waals surface area contributed by atoms with E-state index in [1.54, 1.807) is 14.0 Å². The molecule has 4 rings (SSSR count). The Kier molecular flexibility index (Phi) is 5.49. The molecule has 1 aliphatic heterocycles. The maximum atomic E-state index is 12.8. The number of ether oxygens (including phenoxy) is 1. The number of halogens is 1. The number of hydrogen-bond donors (Lipinski definition) is 0. The fourth-order valence-electron chi connectivity index (χ4n) is 3.70. The molecule has 3 aromatic carbocycles. The Morgan fingerprint density at radius 3 is 2.38 bits per heavy atom. The predicted molar refractivity (Wildman–Crippen MR) is 120 cm³/mol. The second-order valence-corrected chi connectivity index (χ2v) is 7.85. The van der Waals surface area contributed by atoms with Gasteiger partial charge in [0.05, 0.1) is 30.2 Å². The van der Waals surface area contributed by atoms with Crippen molar-refractivity contribution in [1.82, 2.24) is 0 Å². The molecule has 0 aromatic heterocycles. The summed E-state index contributed by atoms with van der Waals surface area (Å²) in [4.78, 5) is 19.6. The number of fused-ring (bicyclic) bond motifs is 1. The minimum absolute atomic E-state index is 0.00877. The van der Waals surface area contributed by atoms with E-state index in [0.717, 1.165) is 38.4 Å². The topological polar surface area (TPSA) is 41.9 Å². The van der Waals surface area contributed by atoms with Gasteiger partial charge >= 0.3 is 0 Å². The van der Waals surface area contributed by atoms with Gasteiger partial charge in [0.25, 0.3) is 0 Å². The molecule has 0 N–H and O–H groups in total. The number of anilines is 1. The quantitative estimate of drug-likeness (QED) is 0.487. The van der Waals surface area contributed by atoms with E-state index in [2.05, 4.69) is 28.1 Å². The number of methoxy groups -OCH3 is 1. The summed E-state index contributed by atoms with van der Waals surface area (Å²) in [5.74, 6) is 0.782. The third-order valence-corrected chi connectivity index (χ3v) is 5.64. The molecule has 0 saturated heterocycles. The highest BCUT2D eigenvalue weighted by Gasteiger charge is 2.30. The lowest BCUT2D eigenvalue weighted by molar-refractivity contribution is -0.117. The number of carbonyl (C=O) groups is 1.